The molecular formula is C21H21NO3. The number of carbonyl (C=O) groups excluding carboxylic acids is 2. The Hall–Kier alpha value is -2.46. The zero-order valence-corrected chi connectivity index (χ0v) is 14.0. The molecule has 1 aromatic carbocycles. The van der Waals surface area contributed by atoms with Crippen LogP contribution in [0, 0.1) is 5.92 Å². The third kappa shape index (κ3) is 3.35. The van der Waals surface area contributed by atoms with Crippen molar-refractivity contribution in [2.75, 3.05) is 0 Å². The first kappa shape index (κ1) is 16.0. The van der Waals surface area contributed by atoms with Gasteiger partial charge in [-0.3, -0.25) is 4.79 Å². The first-order chi connectivity index (χ1) is 12.2. The van der Waals surface area contributed by atoms with Crippen molar-refractivity contribution in [3.8, 4) is 0 Å². The van der Waals surface area contributed by atoms with Gasteiger partial charge in [0, 0.05) is 36.4 Å². The number of esters is 1. The van der Waals surface area contributed by atoms with Gasteiger partial charge in [-0.15, -0.1) is 0 Å². The summed E-state index contributed by atoms with van der Waals surface area (Å²) in [4.78, 5) is 24.9. The zero-order valence-electron chi connectivity index (χ0n) is 14.0. The minimum Gasteiger partial charge on any atom is -0.457 e. The van der Waals surface area contributed by atoms with Crippen molar-refractivity contribution < 1.29 is 14.3 Å². The van der Waals surface area contributed by atoms with Crippen molar-refractivity contribution >= 4 is 11.8 Å². The summed E-state index contributed by atoms with van der Waals surface area (Å²) in [5.74, 6) is 0.0547. The maximum Gasteiger partial charge on any atom is 0.334 e. The molecule has 0 amide bonds. The van der Waals surface area contributed by atoms with E-state index in [1.165, 1.54) is 0 Å². The monoisotopic (exact) mass is 335 g/mol. The van der Waals surface area contributed by atoms with E-state index in [-0.39, 0.29) is 36.4 Å². The molecule has 4 heteroatoms. The number of benzene rings is 1. The van der Waals surface area contributed by atoms with Gasteiger partial charge < -0.3 is 10.1 Å². The molecule has 2 bridgehead atoms. The molecule has 4 nitrogen and oxygen atoms in total. The molecule has 1 fully saturated rings. The van der Waals surface area contributed by atoms with E-state index in [4.69, 9.17) is 4.74 Å². The van der Waals surface area contributed by atoms with E-state index in [2.05, 4.69) is 11.4 Å². The summed E-state index contributed by atoms with van der Waals surface area (Å²) in [6.07, 6.45) is 9.57. The third-order valence-electron chi connectivity index (χ3n) is 5.13. The Morgan fingerprint density at radius 1 is 1.12 bits per heavy atom. The number of fused-ring (bicyclic) bond motifs is 4. The summed E-state index contributed by atoms with van der Waals surface area (Å²) in [7, 11) is 0. The lowest BCUT2D eigenvalue weighted by Crippen LogP contribution is -2.48. The van der Waals surface area contributed by atoms with Crippen LogP contribution in [0.1, 0.15) is 24.8 Å². The average molecular weight is 335 g/mol. The Bertz CT molecular complexity index is 776. The Morgan fingerprint density at radius 3 is 2.80 bits per heavy atom. The maximum absolute atomic E-state index is 12.8. The molecule has 1 saturated heterocycles. The molecule has 1 N–H and O–H groups in total. The van der Waals surface area contributed by atoms with Gasteiger partial charge in [0.1, 0.15) is 12.4 Å². The molecule has 0 aromatic heterocycles. The van der Waals surface area contributed by atoms with E-state index in [0.29, 0.717) is 24.8 Å². The Morgan fingerprint density at radius 2 is 1.96 bits per heavy atom. The molecule has 3 atom stereocenters. The lowest BCUT2D eigenvalue weighted by molar-refractivity contribution is -0.140. The molecule has 128 valence electrons. The zero-order chi connectivity index (χ0) is 17.2. The molecule has 1 aliphatic carbocycles. The minimum absolute atomic E-state index is 0.0189. The van der Waals surface area contributed by atoms with Crippen LogP contribution in [0.4, 0.5) is 0 Å². The van der Waals surface area contributed by atoms with E-state index < -0.39 is 0 Å². The number of hydrogen-bond donors (Lipinski definition) is 1. The Labute approximate surface area is 147 Å². The summed E-state index contributed by atoms with van der Waals surface area (Å²) in [6, 6.07) is 9.77. The van der Waals surface area contributed by atoms with Gasteiger partial charge in [0.25, 0.3) is 0 Å². The lowest BCUT2D eigenvalue weighted by atomic mass is 9.83. The fourth-order valence-corrected chi connectivity index (χ4v) is 3.97. The number of allylic oxidation sites excluding steroid dienone is 3. The number of ether oxygens (including phenoxy) is 1. The van der Waals surface area contributed by atoms with E-state index in [9.17, 15) is 9.59 Å². The molecule has 25 heavy (non-hydrogen) atoms. The van der Waals surface area contributed by atoms with Crippen LogP contribution in [0.5, 0.6) is 0 Å². The van der Waals surface area contributed by atoms with Gasteiger partial charge in [0.05, 0.1) is 0 Å². The second kappa shape index (κ2) is 6.81. The largest absolute Gasteiger partial charge is 0.457 e. The van der Waals surface area contributed by atoms with Gasteiger partial charge in [-0.2, -0.15) is 0 Å². The predicted molar refractivity (Wildman–Crippen MR) is 94.6 cm³/mol. The van der Waals surface area contributed by atoms with Crippen molar-refractivity contribution in [2.24, 2.45) is 5.92 Å². The van der Waals surface area contributed by atoms with Gasteiger partial charge in [0.15, 0.2) is 0 Å². The highest BCUT2D eigenvalue weighted by molar-refractivity contribution is 5.91. The molecule has 3 unspecified atom stereocenters. The summed E-state index contributed by atoms with van der Waals surface area (Å²) in [5, 5.41) is 3.55. The van der Waals surface area contributed by atoms with Crippen molar-refractivity contribution in [3.05, 3.63) is 71.3 Å². The highest BCUT2D eigenvalue weighted by atomic mass is 16.5. The molecule has 2 heterocycles. The van der Waals surface area contributed by atoms with Gasteiger partial charge in [-0.25, -0.2) is 4.79 Å². The topological polar surface area (TPSA) is 55.4 Å². The molecule has 2 aliphatic heterocycles. The lowest BCUT2D eigenvalue weighted by Gasteiger charge is -2.32. The molecular weight excluding hydrogens is 314 g/mol. The van der Waals surface area contributed by atoms with Gasteiger partial charge >= 0.3 is 5.97 Å². The summed E-state index contributed by atoms with van der Waals surface area (Å²) in [6.45, 7) is 0.265. The third-order valence-corrected chi connectivity index (χ3v) is 5.13. The first-order valence-corrected chi connectivity index (χ1v) is 8.77. The van der Waals surface area contributed by atoms with Crippen molar-refractivity contribution in [1.29, 1.82) is 0 Å². The predicted octanol–water partition coefficient (Wildman–Crippen LogP) is 2.86. The van der Waals surface area contributed by atoms with Crippen LogP contribution >= 0.6 is 0 Å². The minimum atomic E-state index is -0.273. The van der Waals surface area contributed by atoms with Crippen LogP contribution in [0.2, 0.25) is 0 Å². The van der Waals surface area contributed by atoms with Crippen LogP contribution < -0.4 is 5.32 Å². The van der Waals surface area contributed by atoms with E-state index in [0.717, 1.165) is 11.1 Å². The van der Waals surface area contributed by atoms with Crippen molar-refractivity contribution in [3.63, 3.8) is 0 Å². The van der Waals surface area contributed by atoms with Crippen LogP contribution in [0.3, 0.4) is 0 Å². The van der Waals surface area contributed by atoms with Gasteiger partial charge in [0.2, 0.25) is 0 Å². The van der Waals surface area contributed by atoms with Gasteiger partial charge in [-0.05, 0) is 17.6 Å². The summed E-state index contributed by atoms with van der Waals surface area (Å²) < 4.78 is 5.58. The summed E-state index contributed by atoms with van der Waals surface area (Å²) >= 11 is 0. The fraction of sp³-hybridized carbons (Fsp3) is 0.333. The van der Waals surface area contributed by atoms with Crippen LogP contribution in [0.25, 0.3) is 0 Å². The molecule has 1 aromatic rings. The second-order valence-electron chi connectivity index (χ2n) is 6.89. The molecule has 3 aliphatic rings. The highest BCUT2D eigenvalue weighted by Crippen LogP contribution is 2.35. The van der Waals surface area contributed by atoms with Crippen LogP contribution in [-0.4, -0.2) is 23.8 Å². The Kier molecular flexibility index (Phi) is 4.36. The SMILES string of the molecule is O=C1CC2CC(C(=O)OCc3ccccc3)=C3C=CC=CC3C(C1)N2. The maximum atomic E-state index is 12.8. The van der Waals surface area contributed by atoms with Gasteiger partial charge in [-0.1, -0.05) is 54.6 Å². The highest BCUT2D eigenvalue weighted by Gasteiger charge is 2.38. The number of Topliss-reactive ketones (excluding diaryl/α,β-unsaturated/α-hetero) is 1. The smallest absolute Gasteiger partial charge is 0.334 e. The standard InChI is InChI=1S/C21H21NO3/c23-16-10-15-11-19(21(24)25-13-14-6-2-1-3-7-14)17-8-4-5-9-18(17)20(12-16)22-15/h1-9,15,18,20,22H,10-13H2. The number of nitrogens with one attached hydrogen (secondary N) is 1. The molecule has 4 rings (SSSR count). The first-order valence-electron chi connectivity index (χ1n) is 8.77. The number of ketones is 1. The summed E-state index contributed by atoms with van der Waals surface area (Å²) in [5.41, 5.74) is 2.67. The number of hydrogen-bond acceptors (Lipinski definition) is 4. The van der Waals surface area contributed by atoms with Crippen LogP contribution in [-0.2, 0) is 20.9 Å². The van der Waals surface area contributed by atoms with Crippen molar-refractivity contribution in [1.82, 2.24) is 5.32 Å². The second-order valence-corrected chi connectivity index (χ2v) is 6.89. The van der Waals surface area contributed by atoms with E-state index in [1.807, 2.05) is 48.6 Å². The van der Waals surface area contributed by atoms with Crippen LogP contribution in [0.15, 0.2) is 65.8 Å². The molecule has 0 spiro atoms. The molecule has 0 radical (unpaired) electrons. The quantitative estimate of drug-likeness (QED) is 0.863. The fourth-order valence-electron chi connectivity index (χ4n) is 3.97. The number of carbonyl (C=O) groups is 2. The number of piperidine rings is 1. The van der Waals surface area contributed by atoms with Crippen molar-refractivity contribution in [2.45, 2.75) is 38.0 Å². The Balaban J connectivity index is 1.59. The number of rotatable bonds is 3. The molecule has 0 saturated carbocycles. The van der Waals surface area contributed by atoms with E-state index >= 15 is 0 Å². The normalized spacial score (nSPS) is 27.7. The average Bonchev–Trinajstić information content (AvgIpc) is 2.75. The van der Waals surface area contributed by atoms with E-state index in [1.54, 1.807) is 0 Å².